The molecular formula is C18H26BN3O4. The van der Waals surface area contributed by atoms with E-state index in [1.807, 2.05) is 30.3 Å². The van der Waals surface area contributed by atoms with Gasteiger partial charge in [0.15, 0.2) is 0 Å². The number of carboxylic acid groups (broad SMARTS) is 1. The molecule has 0 bridgehead atoms. The van der Waals surface area contributed by atoms with Crippen molar-refractivity contribution in [3.63, 3.8) is 0 Å². The first kappa shape index (κ1) is 20.3. The predicted molar refractivity (Wildman–Crippen MR) is 100 cm³/mol. The topological polar surface area (TPSA) is 102 Å². The fraction of sp³-hybridized carbons (Fsp3) is 0.556. The summed E-state index contributed by atoms with van der Waals surface area (Å²) in [5.74, 6) is 0.406. The molecule has 0 aromatic heterocycles. The van der Waals surface area contributed by atoms with Gasteiger partial charge in [0, 0.05) is 0 Å². The number of benzene rings is 1. The van der Waals surface area contributed by atoms with Gasteiger partial charge in [0.2, 0.25) is 0 Å². The van der Waals surface area contributed by atoms with E-state index in [9.17, 15) is 14.6 Å². The number of rotatable bonds is 9. The third kappa shape index (κ3) is 6.69. The first-order chi connectivity index (χ1) is 12.6. The van der Waals surface area contributed by atoms with Crippen LogP contribution >= 0.6 is 0 Å². The molecule has 1 aliphatic rings. The third-order valence-electron chi connectivity index (χ3n) is 4.74. The van der Waals surface area contributed by atoms with E-state index in [-0.39, 0.29) is 6.04 Å². The van der Waals surface area contributed by atoms with E-state index in [0.717, 1.165) is 24.9 Å². The van der Waals surface area contributed by atoms with Crippen molar-refractivity contribution in [3.8, 4) is 0 Å². The number of hydrogen-bond donors (Lipinski definition) is 3. The van der Waals surface area contributed by atoms with E-state index >= 15 is 0 Å². The number of nitrogens with one attached hydrogen (secondary N) is 1. The summed E-state index contributed by atoms with van der Waals surface area (Å²) in [6.45, 7) is 2.24. The molecule has 8 heteroatoms. The number of aliphatic hydroxyl groups excluding tert-OH is 1. The van der Waals surface area contributed by atoms with Crippen LogP contribution in [0.1, 0.15) is 18.4 Å². The molecule has 7 nitrogen and oxygen atoms in total. The Kier molecular flexibility index (Phi) is 8.44. The van der Waals surface area contributed by atoms with Crippen LogP contribution in [0.15, 0.2) is 35.3 Å². The number of hydrogen-bond acceptors (Lipinski definition) is 5. The monoisotopic (exact) mass is 359 g/mol. The van der Waals surface area contributed by atoms with Gasteiger partial charge in [-0.1, -0.05) is 0 Å². The quantitative estimate of drug-likeness (QED) is 0.451. The van der Waals surface area contributed by atoms with Crippen LogP contribution in [0.4, 0.5) is 4.79 Å². The average molecular weight is 359 g/mol. The first-order valence-electron chi connectivity index (χ1n) is 8.97. The molecule has 1 heterocycles. The standard InChI is InChI=1S/C18H26BN3O4/c23-17(12-20-11-15-6-8-22(9-7-15)18(24)25)16(21-13-19-26)10-14-4-2-1-3-5-14/h1-5,13,15-17,20,23H,6-12H2,(H,24,25). The SMILES string of the molecule is O=BC=NC(Cc1ccccc1)C(O)CNCC1CCN(C(=O)O)CC1. The normalized spacial score (nSPS) is 17.8. The molecular weight excluding hydrogens is 333 g/mol. The molecule has 0 aliphatic carbocycles. The van der Waals surface area contributed by atoms with Gasteiger partial charge in [-0.05, 0) is 0 Å². The Labute approximate surface area is 154 Å². The van der Waals surface area contributed by atoms with Crippen LogP contribution < -0.4 is 5.32 Å². The van der Waals surface area contributed by atoms with Gasteiger partial charge in [0.25, 0.3) is 0 Å². The zero-order chi connectivity index (χ0) is 18.8. The molecule has 140 valence electrons. The number of aliphatic hydroxyl groups is 1. The Hall–Kier alpha value is -2.06. The van der Waals surface area contributed by atoms with Crippen LogP contribution in [-0.2, 0) is 11.1 Å². The van der Waals surface area contributed by atoms with E-state index in [1.165, 1.54) is 11.0 Å². The number of nitrogens with zero attached hydrogens (tertiary/aromatic N) is 2. The average Bonchev–Trinajstić information content (AvgIpc) is 2.66. The van der Waals surface area contributed by atoms with Crippen molar-refractivity contribution in [1.82, 2.24) is 10.2 Å². The molecule has 1 saturated heterocycles. The first-order valence-corrected chi connectivity index (χ1v) is 8.97. The van der Waals surface area contributed by atoms with Crippen molar-refractivity contribution in [1.29, 1.82) is 0 Å². The zero-order valence-corrected chi connectivity index (χ0v) is 14.8. The van der Waals surface area contributed by atoms with Crippen LogP contribution in [0.25, 0.3) is 0 Å². The zero-order valence-electron chi connectivity index (χ0n) is 14.8. The molecule has 1 aromatic rings. The van der Waals surface area contributed by atoms with E-state index in [1.54, 1.807) is 0 Å². The molecule has 1 fully saturated rings. The summed E-state index contributed by atoms with van der Waals surface area (Å²) in [5.41, 5.74) is 1.06. The fourth-order valence-corrected chi connectivity index (χ4v) is 3.19. The van der Waals surface area contributed by atoms with E-state index in [2.05, 4.69) is 10.3 Å². The number of likely N-dealkylation sites (tertiary alicyclic amines) is 1. The van der Waals surface area contributed by atoms with E-state index < -0.39 is 12.2 Å². The summed E-state index contributed by atoms with van der Waals surface area (Å²) in [6, 6.07) is 9.36. The second-order valence-electron chi connectivity index (χ2n) is 6.63. The Morgan fingerprint density at radius 3 is 2.65 bits per heavy atom. The number of aliphatic imine (C=N–C) groups is 1. The summed E-state index contributed by atoms with van der Waals surface area (Å²) in [5, 5.41) is 22.7. The number of amides is 1. The van der Waals surface area contributed by atoms with Crippen molar-refractivity contribution >= 4 is 19.4 Å². The third-order valence-corrected chi connectivity index (χ3v) is 4.74. The molecule has 2 rings (SSSR count). The summed E-state index contributed by atoms with van der Waals surface area (Å²) in [7, 11) is 0.619. The van der Waals surface area contributed by atoms with Crippen LogP contribution in [0.3, 0.4) is 0 Å². The molecule has 2 unspecified atom stereocenters. The molecule has 1 aromatic carbocycles. The van der Waals surface area contributed by atoms with Gasteiger partial charge in [-0.25, -0.2) is 4.79 Å². The van der Waals surface area contributed by atoms with Crippen molar-refractivity contribution < 1.29 is 19.7 Å². The summed E-state index contributed by atoms with van der Waals surface area (Å²) < 4.78 is 10.6. The second-order valence-corrected chi connectivity index (χ2v) is 6.63. The summed E-state index contributed by atoms with van der Waals surface area (Å²) >= 11 is 0. The van der Waals surface area contributed by atoms with Crippen molar-refractivity contribution in [3.05, 3.63) is 35.9 Å². The van der Waals surface area contributed by atoms with Gasteiger partial charge in [-0.15, -0.1) is 0 Å². The van der Waals surface area contributed by atoms with Gasteiger partial charge in [-0.3, -0.25) is 0 Å². The van der Waals surface area contributed by atoms with Crippen molar-refractivity contribution in [2.45, 2.75) is 31.4 Å². The van der Waals surface area contributed by atoms with Crippen LogP contribution in [0.5, 0.6) is 0 Å². The summed E-state index contributed by atoms with van der Waals surface area (Å²) in [6.07, 6.45) is 1.84. The molecule has 3 N–H and O–H groups in total. The molecule has 1 amide bonds. The van der Waals surface area contributed by atoms with E-state index in [0.29, 0.717) is 39.1 Å². The minimum absolute atomic E-state index is 0.382. The Bertz CT molecular complexity index is 591. The molecule has 2 atom stereocenters. The van der Waals surface area contributed by atoms with E-state index in [4.69, 9.17) is 5.11 Å². The Morgan fingerprint density at radius 1 is 1.35 bits per heavy atom. The fourth-order valence-electron chi connectivity index (χ4n) is 3.19. The number of carbonyl (C=O) groups is 1. The number of piperidine rings is 1. The van der Waals surface area contributed by atoms with Crippen LogP contribution in [-0.4, -0.2) is 72.8 Å². The summed E-state index contributed by atoms with van der Waals surface area (Å²) in [4.78, 5) is 16.5. The minimum atomic E-state index is -0.858. The van der Waals surface area contributed by atoms with Crippen LogP contribution in [0.2, 0.25) is 0 Å². The van der Waals surface area contributed by atoms with Gasteiger partial charge in [0.05, 0.1) is 0 Å². The van der Waals surface area contributed by atoms with Crippen molar-refractivity contribution in [2.75, 3.05) is 26.2 Å². The Balaban J connectivity index is 1.78. The van der Waals surface area contributed by atoms with Gasteiger partial charge >= 0.3 is 144 Å². The molecule has 1 aliphatic heterocycles. The molecule has 0 saturated carbocycles. The maximum absolute atomic E-state index is 10.9. The predicted octanol–water partition coefficient (Wildman–Crippen LogP) is 1.02. The molecule has 26 heavy (non-hydrogen) atoms. The maximum atomic E-state index is 10.9. The second kappa shape index (κ2) is 10.8. The molecule has 0 radical (unpaired) electrons. The van der Waals surface area contributed by atoms with Crippen molar-refractivity contribution in [2.24, 2.45) is 10.9 Å². The van der Waals surface area contributed by atoms with Crippen LogP contribution in [0, 0.1) is 5.92 Å². The van der Waals surface area contributed by atoms with Gasteiger partial charge in [0.1, 0.15) is 0 Å². The van der Waals surface area contributed by atoms with Gasteiger partial charge in [-0.2, -0.15) is 0 Å². The Morgan fingerprint density at radius 2 is 2.04 bits per heavy atom. The molecule has 0 spiro atoms. The van der Waals surface area contributed by atoms with Gasteiger partial charge < -0.3 is 5.11 Å².